The third kappa shape index (κ3) is 6.95. The van der Waals surface area contributed by atoms with Crippen molar-refractivity contribution in [2.45, 2.75) is 108 Å². The lowest BCUT2D eigenvalue weighted by atomic mass is 9.94. The van der Waals surface area contributed by atoms with Gasteiger partial charge in [0.2, 0.25) is 12.2 Å². The van der Waals surface area contributed by atoms with E-state index in [-0.39, 0.29) is 17.1 Å². The molecule has 2 rings (SSSR count). The Morgan fingerprint density at radius 3 is 2.34 bits per heavy atom. The summed E-state index contributed by atoms with van der Waals surface area (Å²) in [5, 5.41) is 11.3. The Balaban J connectivity index is 2.36. The summed E-state index contributed by atoms with van der Waals surface area (Å²) in [6.07, 6.45) is 3.13. The molecule has 9 nitrogen and oxygen atoms in total. The highest BCUT2D eigenvalue weighted by Gasteiger charge is 2.47. The number of nitrogens with one attached hydrogen (secondary N) is 1. The van der Waals surface area contributed by atoms with Crippen LogP contribution in [-0.2, 0) is 9.53 Å². The van der Waals surface area contributed by atoms with E-state index in [1.54, 1.807) is 20.8 Å². The van der Waals surface area contributed by atoms with Gasteiger partial charge in [-0.1, -0.05) is 39.5 Å². The van der Waals surface area contributed by atoms with Crippen molar-refractivity contribution in [2.24, 2.45) is 5.92 Å². The number of Topliss-reactive ketones (excluding diaryl/α,β-unsaturated/α-hetero) is 1. The minimum atomic E-state index is -1.01. The second-order valence-corrected chi connectivity index (χ2v) is 11.5. The van der Waals surface area contributed by atoms with Crippen LogP contribution in [0.3, 0.4) is 0 Å². The van der Waals surface area contributed by atoms with Crippen molar-refractivity contribution in [1.29, 1.82) is 0 Å². The van der Waals surface area contributed by atoms with E-state index in [1.165, 1.54) is 16.7 Å². The molecule has 1 aromatic heterocycles. The molecule has 1 aliphatic carbocycles. The summed E-state index contributed by atoms with van der Waals surface area (Å²) in [6.45, 7) is 13.2. The molecule has 0 unspecified atom stereocenters. The predicted molar refractivity (Wildman–Crippen MR) is 121 cm³/mol. The summed E-state index contributed by atoms with van der Waals surface area (Å²) < 4.78 is 11.0. The zero-order valence-corrected chi connectivity index (χ0v) is 21.0. The molecular weight excluding hydrogens is 432 g/mol. The summed E-state index contributed by atoms with van der Waals surface area (Å²) in [6, 6.07) is -0.849. The van der Waals surface area contributed by atoms with Gasteiger partial charge in [0.1, 0.15) is 17.3 Å². The number of ether oxygens (including phenoxy) is 1. The van der Waals surface area contributed by atoms with Crippen molar-refractivity contribution in [2.75, 3.05) is 0 Å². The van der Waals surface area contributed by atoms with E-state index in [9.17, 15) is 14.4 Å². The van der Waals surface area contributed by atoms with Gasteiger partial charge in [-0.05, 0) is 58.8 Å². The van der Waals surface area contributed by atoms with Gasteiger partial charge in [0.15, 0.2) is 0 Å². The zero-order valence-electron chi connectivity index (χ0n) is 20.1. The van der Waals surface area contributed by atoms with E-state index in [2.05, 4.69) is 15.5 Å². The molecule has 2 amide bonds. The minimum Gasteiger partial charge on any atom is -0.444 e. The third-order valence-electron chi connectivity index (χ3n) is 5.06. The summed E-state index contributed by atoms with van der Waals surface area (Å²) in [5.41, 5.74) is -1.69. The number of hydrogen-bond donors (Lipinski definition) is 1. The average Bonchev–Trinajstić information content (AvgIpc) is 3.28. The van der Waals surface area contributed by atoms with Crippen molar-refractivity contribution in [3.05, 3.63) is 5.89 Å². The van der Waals surface area contributed by atoms with Crippen LogP contribution in [0.5, 0.6) is 0 Å². The van der Waals surface area contributed by atoms with Crippen molar-refractivity contribution < 1.29 is 23.5 Å². The molecule has 1 saturated carbocycles. The molecule has 1 fully saturated rings. The van der Waals surface area contributed by atoms with Crippen molar-refractivity contribution >= 4 is 30.0 Å². The number of aromatic nitrogens is 2. The normalized spacial score (nSPS) is 16.8. The number of amides is 2. The van der Waals surface area contributed by atoms with Gasteiger partial charge < -0.3 is 14.1 Å². The number of carbonyl (C=O) groups is 3. The third-order valence-corrected chi connectivity index (χ3v) is 5.90. The van der Waals surface area contributed by atoms with Crippen LogP contribution in [0.2, 0.25) is 0 Å². The Kier molecular flexibility index (Phi) is 8.73. The van der Waals surface area contributed by atoms with Crippen LogP contribution in [-0.4, -0.2) is 55.9 Å². The Morgan fingerprint density at radius 2 is 1.84 bits per heavy atom. The first kappa shape index (κ1) is 26.2. The Labute approximate surface area is 194 Å². The Bertz CT molecular complexity index is 796. The van der Waals surface area contributed by atoms with Crippen molar-refractivity contribution in [3.63, 3.8) is 0 Å². The molecule has 180 valence electrons. The van der Waals surface area contributed by atoms with Crippen LogP contribution in [0.4, 0.5) is 4.79 Å². The van der Waals surface area contributed by atoms with Gasteiger partial charge in [-0.2, -0.15) is 0 Å². The van der Waals surface area contributed by atoms with E-state index in [0.717, 1.165) is 12.8 Å². The highest BCUT2D eigenvalue weighted by molar-refractivity contribution is 7.99. The minimum absolute atomic E-state index is 0.110. The number of rotatable bonds is 10. The first-order chi connectivity index (χ1) is 14.9. The molecule has 32 heavy (non-hydrogen) atoms. The lowest BCUT2D eigenvalue weighted by molar-refractivity contribution is -0.128. The smallest absolute Gasteiger partial charge is 0.409 e. The lowest BCUT2D eigenvalue weighted by Crippen LogP contribution is -2.63. The Hall–Kier alpha value is -2.10. The predicted octanol–water partition coefficient (Wildman–Crippen LogP) is 4.42. The molecule has 0 spiro atoms. The summed E-state index contributed by atoms with van der Waals surface area (Å²) in [4.78, 5) is 39.9. The zero-order chi connectivity index (χ0) is 24.1. The van der Waals surface area contributed by atoms with E-state index < -0.39 is 29.2 Å². The highest BCUT2D eigenvalue weighted by Crippen LogP contribution is 2.36. The monoisotopic (exact) mass is 468 g/mol. The van der Waals surface area contributed by atoms with E-state index in [0.29, 0.717) is 30.9 Å². The van der Waals surface area contributed by atoms with Crippen LogP contribution in [0, 0.1) is 5.92 Å². The largest absolute Gasteiger partial charge is 0.444 e. The lowest BCUT2D eigenvalue weighted by Gasteiger charge is -2.43. The first-order valence-corrected chi connectivity index (χ1v) is 12.0. The molecule has 1 heterocycles. The van der Waals surface area contributed by atoms with E-state index >= 15 is 0 Å². The van der Waals surface area contributed by atoms with Crippen molar-refractivity contribution in [1.82, 2.24) is 20.4 Å². The molecule has 0 saturated heterocycles. The van der Waals surface area contributed by atoms with Gasteiger partial charge in [-0.3, -0.25) is 14.9 Å². The molecule has 0 radical (unpaired) electrons. The maximum Gasteiger partial charge on any atom is 0.409 e. The quantitative estimate of drug-likeness (QED) is 0.232. The van der Waals surface area contributed by atoms with Crippen molar-refractivity contribution in [3.8, 4) is 0 Å². The average molecular weight is 469 g/mol. The van der Waals surface area contributed by atoms with E-state index in [1.807, 2.05) is 27.7 Å². The van der Waals surface area contributed by atoms with Gasteiger partial charge in [0, 0.05) is 5.25 Å². The summed E-state index contributed by atoms with van der Waals surface area (Å²) >= 11 is 1.37. The number of alkyl carbamates (subject to hydrolysis) is 1. The SMILES string of the molecule is CC(C)C[C@@H](C(=O)c1nnc(SC(C)C)o1)N(C=O)C1(NC(=O)OC(C)(C)C)CCCC1. The number of nitrogens with zero attached hydrogens (tertiary/aromatic N) is 3. The second kappa shape index (κ2) is 10.7. The summed E-state index contributed by atoms with van der Waals surface area (Å²) in [5.74, 6) is -0.443. The highest BCUT2D eigenvalue weighted by atomic mass is 32.2. The van der Waals surface area contributed by atoms with Gasteiger partial charge in [0.05, 0.1) is 0 Å². The fourth-order valence-electron chi connectivity index (χ4n) is 3.87. The second-order valence-electron chi connectivity index (χ2n) is 9.93. The molecule has 1 aliphatic rings. The van der Waals surface area contributed by atoms with Crippen LogP contribution in [0.1, 0.15) is 91.3 Å². The molecule has 0 bridgehead atoms. The van der Waals surface area contributed by atoms with Gasteiger partial charge in [0.25, 0.3) is 11.1 Å². The topological polar surface area (TPSA) is 115 Å². The molecule has 1 atom stereocenters. The van der Waals surface area contributed by atoms with Crippen LogP contribution in [0.15, 0.2) is 9.64 Å². The fourth-order valence-corrected chi connectivity index (χ4v) is 4.49. The number of thioether (sulfide) groups is 1. The van der Waals surface area contributed by atoms with Gasteiger partial charge >= 0.3 is 6.09 Å². The fraction of sp³-hybridized carbons (Fsp3) is 0.773. The molecule has 0 aliphatic heterocycles. The molecule has 1 N–H and O–H groups in total. The standard InChI is InChI=1S/C22H36N4O5S/c1-14(2)12-16(17(28)18-24-25-20(30-18)32-15(3)4)26(13-27)22(10-8-9-11-22)23-19(29)31-21(5,6)7/h13-16H,8-12H2,1-7H3,(H,23,29)/t16-/m0/s1. The number of carbonyl (C=O) groups excluding carboxylic acids is 3. The molecule has 10 heteroatoms. The Morgan fingerprint density at radius 1 is 1.22 bits per heavy atom. The maximum absolute atomic E-state index is 13.4. The maximum atomic E-state index is 13.4. The van der Waals surface area contributed by atoms with Crippen LogP contribution >= 0.6 is 11.8 Å². The molecule has 1 aromatic rings. The number of hydrogen-bond acceptors (Lipinski definition) is 8. The summed E-state index contributed by atoms with van der Waals surface area (Å²) in [7, 11) is 0. The van der Waals surface area contributed by atoms with Crippen LogP contribution < -0.4 is 5.32 Å². The van der Waals surface area contributed by atoms with Crippen LogP contribution in [0.25, 0.3) is 0 Å². The number of ketones is 1. The molecular formula is C22H36N4O5S. The van der Waals surface area contributed by atoms with Gasteiger partial charge in [-0.25, -0.2) is 4.79 Å². The molecule has 0 aromatic carbocycles. The van der Waals surface area contributed by atoms with Gasteiger partial charge in [-0.15, -0.1) is 10.2 Å². The first-order valence-electron chi connectivity index (χ1n) is 11.2. The van der Waals surface area contributed by atoms with E-state index in [4.69, 9.17) is 9.15 Å².